The summed E-state index contributed by atoms with van der Waals surface area (Å²) in [4.78, 5) is 32.2. The number of piperazine rings is 1. The number of halogens is 1. The third kappa shape index (κ3) is 5.31. The van der Waals surface area contributed by atoms with Gasteiger partial charge in [-0.15, -0.1) is 12.4 Å². The van der Waals surface area contributed by atoms with E-state index < -0.39 is 6.04 Å². The average molecular weight is 371 g/mol. The van der Waals surface area contributed by atoms with Gasteiger partial charge in [-0.2, -0.15) is 0 Å². The molecule has 1 fully saturated rings. The molecule has 0 spiro atoms. The number of aromatic nitrogens is 1. The summed E-state index contributed by atoms with van der Waals surface area (Å²) in [5.74, 6) is 0.570. The fourth-order valence-electron chi connectivity index (χ4n) is 2.56. The van der Waals surface area contributed by atoms with Crippen molar-refractivity contribution in [3.63, 3.8) is 0 Å². The van der Waals surface area contributed by atoms with Crippen LogP contribution in [0, 0.1) is 5.92 Å². The predicted molar refractivity (Wildman–Crippen MR) is 99.0 cm³/mol. The molecular formula is C17H27ClN4O3. The van der Waals surface area contributed by atoms with Gasteiger partial charge in [0.15, 0.2) is 0 Å². The summed E-state index contributed by atoms with van der Waals surface area (Å²) in [6, 6.07) is 3.08. The molecule has 1 aromatic heterocycles. The van der Waals surface area contributed by atoms with E-state index in [1.165, 1.54) is 6.20 Å². The molecule has 1 aromatic rings. The van der Waals surface area contributed by atoms with E-state index in [1.807, 2.05) is 24.8 Å². The van der Waals surface area contributed by atoms with Gasteiger partial charge in [0, 0.05) is 32.4 Å². The average Bonchev–Trinajstić information content (AvgIpc) is 2.61. The zero-order valence-corrected chi connectivity index (χ0v) is 15.8. The Bertz CT molecular complexity index is 572. The van der Waals surface area contributed by atoms with E-state index in [0.717, 1.165) is 5.82 Å². The molecule has 1 aliphatic rings. The van der Waals surface area contributed by atoms with Crippen molar-refractivity contribution in [2.75, 3.05) is 37.7 Å². The molecule has 1 amide bonds. The lowest BCUT2D eigenvalue weighted by Gasteiger charge is -2.37. The first-order valence-corrected chi connectivity index (χ1v) is 8.36. The van der Waals surface area contributed by atoms with Gasteiger partial charge in [-0.3, -0.25) is 4.79 Å². The summed E-state index contributed by atoms with van der Waals surface area (Å²) < 4.78 is 4.95. The molecular weight excluding hydrogens is 344 g/mol. The monoisotopic (exact) mass is 370 g/mol. The number of amides is 1. The molecule has 25 heavy (non-hydrogen) atoms. The first kappa shape index (κ1) is 21.2. The number of hydrogen-bond donors (Lipinski definition) is 1. The minimum Gasteiger partial charge on any atom is -0.462 e. The third-order valence-electron chi connectivity index (χ3n) is 4.18. The molecule has 0 radical (unpaired) electrons. The van der Waals surface area contributed by atoms with Gasteiger partial charge < -0.3 is 20.3 Å². The van der Waals surface area contributed by atoms with Crippen LogP contribution in [-0.2, 0) is 9.53 Å². The van der Waals surface area contributed by atoms with E-state index in [-0.39, 0.29) is 30.2 Å². The Kier molecular flexibility index (Phi) is 8.12. The van der Waals surface area contributed by atoms with Crippen molar-refractivity contribution < 1.29 is 14.3 Å². The Labute approximate surface area is 154 Å². The molecule has 0 bridgehead atoms. The van der Waals surface area contributed by atoms with E-state index >= 15 is 0 Å². The lowest BCUT2D eigenvalue weighted by Crippen LogP contribution is -2.54. The van der Waals surface area contributed by atoms with Crippen LogP contribution < -0.4 is 10.6 Å². The maximum absolute atomic E-state index is 12.3. The van der Waals surface area contributed by atoms with Crippen LogP contribution in [0.1, 0.15) is 31.1 Å². The first-order valence-electron chi connectivity index (χ1n) is 8.36. The number of nitrogens with two attached hydrogens (primary N) is 1. The van der Waals surface area contributed by atoms with Crippen molar-refractivity contribution in [1.82, 2.24) is 9.88 Å². The largest absolute Gasteiger partial charge is 0.462 e. The van der Waals surface area contributed by atoms with Crippen LogP contribution in [0.2, 0.25) is 0 Å². The molecule has 2 heterocycles. The van der Waals surface area contributed by atoms with E-state index in [2.05, 4.69) is 9.88 Å². The van der Waals surface area contributed by atoms with Gasteiger partial charge in [-0.1, -0.05) is 13.8 Å². The molecule has 1 aliphatic heterocycles. The Balaban J connectivity index is 0.00000312. The quantitative estimate of drug-likeness (QED) is 0.786. The number of anilines is 1. The molecule has 0 unspecified atom stereocenters. The predicted octanol–water partition coefficient (Wildman–Crippen LogP) is 1.31. The molecule has 1 saturated heterocycles. The number of nitrogens with zero attached hydrogens (tertiary/aromatic N) is 3. The summed E-state index contributed by atoms with van der Waals surface area (Å²) >= 11 is 0. The molecule has 2 N–H and O–H groups in total. The second-order valence-electron chi connectivity index (χ2n) is 6.21. The van der Waals surface area contributed by atoms with Crippen molar-refractivity contribution in [3.05, 3.63) is 23.9 Å². The van der Waals surface area contributed by atoms with E-state index in [1.54, 1.807) is 13.0 Å². The highest BCUT2D eigenvalue weighted by molar-refractivity contribution is 5.89. The number of carbonyl (C=O) groups excluding carboxylic acids is 2. The zero-order valence-electron chi connectivity index (χ0n) is 15.0. The number of rotatable bonds is 5. The smallest absolute Gasteiger partial charge is 0.339 e. The van der Waals surface area contributed by atoms with Crippen molar-refractivity contribution in [2.24, 2.45) is 11.7 Å². The summed E-state index contributed by atoms with van der Waals surface area (Å²) in [6.45, 7) is 8.66. The van der Waals surface area contributed by atoms with Crippen LogP contribution in [0.15, 0.2) is 18.3 Å². The SMILES string of the molecule is CCOC(=O)c1ccc(N2CCN(C(=O)[C@@H](N)C(C)C)CC2)nc1.Cl. The van der Waals surface area contributed by atoms with Crippen LogP contribution in [0.25, 0.3) is 0 Å². The molecule has 0 aliphatic carbocycles. The molecule has 7 nitrogen and oxygen atoms in total. The number of hydrogen-bond acceptors (Lipinski definition) is 6. The van der Waals surface area contributed by atoms with Crippen LogP contribution in [0.4, 0.5) is 5.82 Å². The van der Waals surface area contributed by atoms with Crippen molar-refractivity contribution in [3.8, 4) is 0 Å². The summed E-state index contributed by atoms with van der Waals surface area (Å²) in [5.41, 5.74) is 6.39. The minimum atomic E-state index is -0.446. The highest BCUT2D eigenvalue weighted by Gasteiger charge is 2.27. The molecule has 2 rings (SSSR count). The maximum Gasteiger partial charge on any atom is 0.339 e. The summed E-state index contributed by atoms with van der Waals surface area (Å²) in [7, 11) is 0. The molecule has 8 heteroatoms. The summed E-state index contributed by atoms with van der Waals surface area (Å²) in [5, 5.41) is 0. The fraction of sp³-hybridized carbons (Fsp3) is 0.588. The number of ether oxygens (including phenoxy) is 1. The van der Waals surface area contributed by atoms with Gasteiger partial charge in [0.2, 0.25) is 5.91 Å². The van der Waals surface area contributed by atoms with Crippen molar-refractivity contribution in [1.29, 1.82) is 0 Å². The highest BCUT2D eigenvalue weighted by Crippen LogP contribution is 2.15. The van der Waals surface area contributed by atoms with Crippen LogP contribution in [0.5, 0.6) is 0 Å². The molecule has 0 aromatic carbocycles. The first-order chi connectivity index (χ1) is 11.4. The number of esters is 1. The Morgan fingerprint density at radius 3 is 2.36 bits per heavy atom. The van der Waals surface area contributed by atoms with Gasteiger partial charge in [0.1, 0.15) is 5.82 Å². The summed E-state index contributed by atoms with van der Waals surface area (Å²) in [6.07, 6.45) is 1.53. The zero-order chi connectivity index (χ0) is 17.7. The van der Waals surface area contributed by atoms with Gasteiger partial charge in [0.05, 0.1) is 18.2 Å². The van der Waals surface area contributed by atoms with E-state index in [0.29, 0.717) is 38.3 Å². The standard InChI is InChI=1S/C17H26N4O3.ClH/c1-4-24-17(23)13-5-6-14(19-11-13)20-7-9-21(10-8-20)16(22)15(18)12(2)3;/h5-6,11-12,15H,4,7-10,18H2,1-3H3;1H/t15-;/m0./s1. The normalized spacial score (nSPS) is 15.6. The molecule has 1 atom stereocenters. The Morgan fingerprint density at radius 1 is 1.24 bits per heavy atom. The highest BCUT2D eigenvalue weighted by atomic mass is 35.5. The Hall–Kier alpha value is -1.86. The van der Waals surface area contributed by atoms with E-state index in [9.17, 15) is 9.59 Å². The van der Waals surface area contributed by atoms with Crippen LogP contribution in [-0.4, -0.2) is 60.6 Å². The van der Waals surface area contributed by atoms with Crippen molar-refractivity contribution in [2.45, 2.75) is 26.8 Å². The number of carbonyl (C=O) groups is 2. The second kappa shape index (κ2) is 9.58. The fourth-order valence-corrected chi connectivity index (χ4v) is 2.56. The van der Waals surface area contributed by atoms with Gasteiger partial charge in [0.25, 0.3) is 0 Å². The Morgan fingerprint density at radius 2 is 1.88 bits per heavy atom. The maximum atomic E-state index is 12.3. The molecule has 0 saturated carbocycles. The lowest BCUT2D eigenvalue weighted by atomic mass is 10.0. The van der Waals surface area contributed by atoms with Crippen LogP contribution >= 0.6 is 12.4 Å². The minimum absolute atomic E-state index is 0. The second-order valence-corrected chi connectivity index (χ2v) is 6.21. The van der Waals surface area contributed by atoms with Crippen molar-refractivity contribution >= 4 is 30.1 Å². The molecule has 140 valence electrons. The van der Waals surface area contributed by atoms with Gasteiger partial charge >= 0.3 is 5.97 Å². The third-order valence-corrected chi connectivity index (χ3v) is 4.18. The van der Waals surface area contributed by atoms with E-state index in [4.69, 9.17) is 10.5 Å². The van der Waals surface area contributed by atoms with Crippen LogP contribution in [0.3, 0.4) is 0 Å². The lowest BCUT2D eigenvalue weighted by molar-refractivity contribution is -0.133. The topological polar surface area (TPSA) is 88.8 Å². The van der Waals surface area contributed by atoms with Gasteiger partial charge in [-0.05, 0) is 25.0 Å². The number of pyridine rings is 1. The van der Waals surface area contributed by atoms with Gasteiger partial charge in [-0.25, -0.2) is 9.78 Å².